The Morgan fingerprint density at radius 3 is 2.44 bits per heavy atom. The number of carbonyl (C=O) groups is 1. The number of aromatic nitrogens is 3. The maximum atomic E-state index is 13.3. The van der Waals surface area contributed by atoms with Crippen LogP contribution in [0.15, 0.2) is 54.6 Å². The lowest BCUT2D eigenvalue weighted by molar-refractivity contribution is -0.120. The number of benzene rings is 2. The molecule has 3 heterocycles. The zero-order valence-electron chi connectivity index (χ0n) is 19.7. The van der Waals surface area contributed by atoms with Crippen LogP contribution < -0.4 is 10.2 Å². The molecule has 0 atom stereocenters. The molecule has 2 aromatic carbocycles. The van der Waals surface area contributed by atoms with Crippen molar-refractivity contribution in [2.24, 2.45) is 5.92 Å². The first-order chi connectivity index (χ1) is 16.4. The second-order valence-electron chi connectivity index (χ2n) is 9.13. The monoisotopic (exact) mass is 457 g/mol. The van der Waals surface area contributed by atoms with E-state index in [4.69, 9.17) is 5.10 Å². The van der Waals surface area contributed by atoms with Crippen molar-refractivity contribution in [3.8, 4) is 11.3 Å². The van der Waals surface area contributed by atoms with E-state index >= 15 is 0 Å². The van der Waals surface area contributed by atoms with E-state index < -0.39 is 0 Å². The zero-order chi connectivity index (χ0) is 23.8. The summed E-state index contributed by atoms with van der Waals surface area (Å²) in [5.41, 5.74) is 6.40. The molecule has 1 amide bonds. The molecule has 1 N–H and O–H groups in total. The van der Waals surface area contributed by atoms with Crippen molar-refractivity contribution in [2.75, 3.05) is 23.3 Å². The molecule has 0 spiro atoms. The van der Waals surface area contributed by atoms with Gasteiger partial charge in [0.2, 0.25) is 5.91 Å². The lowest BCUT2D eigenvalue weighted by Crippen LogP contribution is -2.39. The van der Waals surface area contributed by atoms with Gasteiger partial charge in [0.15, 0.2) is 5.65 Å². The topological polar surface area (TPSA) is 62.5 Å². The normalized spacial score (nSPS) is 14.5. The molecule has 6 nitrogen and oxygen atoms in total. The van der Waals surface area contributed by atoms with Gasteiger partial charge in [-0.3, -0.25) is 4.79 Å². The van der Waals surface area contributed by atoms with Gasteiger partial charge in [-0.15, -0.1) is 0 Å². The summed E-state index contributed by atoms with van der Waals surface area (Å²) in [7, 11) is 0. The highest BCUT2D eigenvalue weighted by atomic mass is 19.1. The first kappa shape index (κ1) is 22.1. The second kappa shape index (κ2) is 8.89. The lowest BCUT2D eigenvalue weighted by atomic mass is 9.95. The molecule has 1 saturated heterocycles. The van der Waals surface area contributed by atoms with Crippen LogP contribution in [0.4, 0.5) is 15.9 Å². The third-order valence-corrected chi connectivity index (χ3v) is 6.51. The maximum absolute atomic E-state index is 13.3. The van der Waals surface area contributed by atoms with Crippen molar-refractivity contribution in [1.29, 1.82) is 0 Å². The molecule has 0 radical (unpaired) electrons. The van der Waals surface area contributed by atoms with E-state index in [1.54, 1.807) is 12.1 Å². The number of anilines is 2. The zero-order valence-corrected chi connectivity index (χ0v) is 19.7. The fourth-order valence-corrected chi connectivity index (χ4v) is 4.63. The minimum atomic E-state index is -0.272. The Balaban J connectivity index is 1.33. The number of halogens is 1. The van der Waals surface area contributed by atoms with Gasteiger partial charge in [0.05, 0.1) is 5.69 Å². The summed E-state index contributed by atoms with van der Waals surface area (Å²) in [4.78, 5) is 19.8. The molecule has 5 rings (SSSR count). The molecule has 4 aromatic rings. The Kier molecular flexibility index (Phi) is 5.77. The summed E-state index contributed by atoms with van der Waals surface area (Å²) < 4.78 is 15.2. The van der Waals surface area contributed by atoms with E-state index in [-0.39, 0.29) is 17.6 Å². The molecule has 0 saturated carbocycles. The number of nitrogens with zero attached hydrogens (tertiary/aromatic N) is 4. The Bertz CT molecular complexity index is 1350. The quantitative estimate of drug-likeness (QED) is 0.451. The van der Waals surface area contributed by atoms with Crippen LogP contribution in [-0.4, -0.2) is 33.6 Å². The number of hydrogen-bond donors (Lipinski definition) is 1. The van der Waals surface area contributed by atoms with Crippen LogP contribution >= 0.6 is 0 Å². The molecule has 0 unspecified atom stereocenters. The number of hydrogen-bond acceptors (Lipinski definition) is 4. The van der Waals surface area contributed by atoms with Crippen molar-refractivity contribution in [3.05, 3.63) is 77.2 Å². The minimum Gasteiger partial charge on any atom is -0.356 e. The SMILES string of the molecule is Cc1ccc(NC(=O)C2CCN(c3cc(C)nc4cc(-c5ccc(F)cc5)nn34)CC2)c(C)c1. The van der Waals surface area contributed by atoms with Gasteiger partial charge in [0.1, 0.15) is 11.6 Å². The van der Waals surface area contributed by atoms with E-state index in [0.29, 0.717) is 0 Å². The van der Waals surface area contributed by atoms with Crippen LogP contribution in [-0.2, 0) is 4.79 Å². The summed E-state index contributed by atoms with van der Waals surface area (Å²) in [5, 5.41) is 7.88. The van der Waals surface area contributed by atoms with Crippen molar-refractivity contribution in [2.45, 2.75) is 33.6 Å². The predicted molar refractivity (Wildman–Crippen MR) is 133 cm³/mol. The van der Waals surface area contributed by atoms with E-state index in [0.717, 1.165) is 65.6 Å². The van der Waals surface area contributed by atoms with Gasteiger partial charge in [-0.05, 0) is 69.5 Å². The van der Waals surface area contributed by atoms with Crippen LogP contribution in [0.25, 0.3) is 16.9 Å². The maximum Gasteiger partial charge on any atom is 0.227 e. The number of nitrogens with one attached hydrogen (secondary N) is 1. The fraction of sp³-hybridized carbons (Fsp3) is 0.296. The van der Waals surface area contributed by atoms with E-state index in [1.165, 1.54) is 17.7 Å². The highest BCUT2D eigenvalue weighted by Crippen LogP contribution is 2.28. The first-order valence-corrected chi connectivity index (χ1v) is 11.6. The summed E-state index contributed by atoms with van der Waals surface area (Å²) in [5.74, 6) is 0.749. The van der Waals surface area contributed by atoms with Gasteiger partial charge in [-0.1, -0.05) is 17.7 Å². The fourth-order valence-electron chi connectivity index (χ4n) is 4.63. The van der Waals surface area contributed by atoms with Gasteiger partial charge in [-0.25, -0.2) is 9.37 Å². The Morgan fingerprint density at radius 1 is 1.00 bits per heavy atom. The van der Waals surface area contributed by atoms with Crippen molar-refractivity contribution < 1.29 is 9.18 Å². The molecule has 1 fully saturated rings. The highest BCUT2D eigenvalue weighted by Gasteiger charge is 2.27. The Hall–Kier alpha value is -3.74. The van der Waals surface area contributed by atoms with Gasteiger partial charge in [0, 0.05) is 48.1 Å². The number of piperidine rings is 1. The average Bonchev–Trinajstić information content (AvgIpc) is 3.25. The Labute approximate surface area is 198 Å². The van der Waals surface area contributed by atoms with Gasteiger partial charge >= 0.3 is 0 Å². The van der Waals surface area contributed by atoms with Gasteiger partial charge in [-0.2, -0.15) is 9.61 Å². The summed E-state index contributed by atoms with van der Waals surface area (Å²) >= 11 is 0. The minimum absolute atomic E-state index is 0.0252. The molecule has 7 heteroatoms. The molecule has 34 heavy (non-hydrogen) atoms. The number of aryl methyl sites for hydroxylation is 3. The van der Waals surface area contributed by atoms with Crippen LogP contribution in [0.5, 0.6) is 0 Å². The summed E-state index contributed by atoms with van der Waals surface area (Å²) in [6.45, 7) is 7.56. The first-order valence-electron chi connectivity index (χ1n) is 11.6. The highest BCUT2D eigenvalue weighted by molar-refractivity contribution is 5.93. The Morgan fingerprint density at radius 2 is 1.74 bits per heavy atom. The summed E-state index contributed by atoms with van der Waals surface area (Å²) in [6, 6.07) is 16.4. The van der Waals surface area contributed by atoms with Gasteiger partial charge < -0.3 is 10.2 Å². The van der Waals surface area contributed by atoms with Gasteiger partial charge in [0.25, 0.3) is 0 Å². The second-order valence-corrected chi connectivity index (χ2v) is 9.13. The average molecular weight is 458 g/mol. The van der Waals surface area contributed by atoms with E-state index in [1.807, 2.05) is 49.6 Å². The summed E-state index contributed by atoms with van der Waals surface area (Å²) in [6.07, 6.45) is 1.54. The number of rotatable bonds is 4. The van der Waals surface area contributed by atoms with E-state index in [2.05, 4.69) is 21.3 Å². The largest absolute Gasteiger partial charge is 0.356 e. The molecule has 2 aromatic heterocycles. The molecule has 1 aliphatic heterocycles. The standard InChI is InChI=1S/C27H28FN5O/c1-17-4-9-23(18(2)14-17)30-27(34)21-10-12-32(13-11-21)26-15-19(3)29-25-16-24(31-33(25)26)20-5-7-22(28)8-6-20/h4-9,14-16,21H,10-13H2,1-3H3,(H,30,34). The third kappa shape index (κ3) is 4.38. The molecule has 0 aliphatic carbocycles. The smallest absolute Gasteiger partial charge is 0.227 e. The van der Waals surface area contributed by atoms with E-state index in [9.17, 15) is 9.18 Å². The number of fused-ring (bicyclic) bond motifs is 1. The molecule has 1 aliphatic rings. The van der Waals surface area contributed by atoms with Crippen LogP contribution in [0.3, 0.4) is 0 Å². The van der Waals surface area contributed by atoms with Crippen molar-refractivity contribution >= 4 is 23.1 Å². The van der Waals surface area contributed by atoms with Crippen molar-refractivity contribution in [1.82, 2.24) is 14.6 Å². The predicted octanol–water partition coefficient (Wildman–Crippen LogP) is 5.32. The van der Waals surface area contributed by atoms with Crippen LogP contribution in [0.1, 0.15) is 29.7 Å². The molecule has 0 bridgehead atoms. The number of amides is 1. The number of carbonyl (C=O) groups excluding carboxylic acids is 1. The van der Waals surface area contributed by atoms with Crippen LogP contribution in [0.2, 0.25) is 0 Å². The molecule has 174 valence electrons. The van der Waals surface area contributed by atoms with Crippen LogP contribution in [0, 0.1) is 32.5 Å². The lowest BCUT2D eigenvalue weighted by Gasteiger charge is -2.33. The molecular formula is C27H28FN5O. The third-order valence-electron chi connectivity index (χ3n) is 6.51. The molecular weight excluding hydrogens is 429 g/mol. The van der Waals surface area contributed by atoms with Crippen molar-refractivity contribution in [3.63, 3.8) is 0 Å².